The quantitative estimate of drug-likeness (QED) is 0.106. The van der Waals surface area contributed by atoms with Crippen LogP contribution in [-0.4, -0.2) is 0 Å². The number of anilines is 9. The molecule has 0 aliphatic carbocycles. The summed E-state index contributed by atoms with van der Waals surface area (Å²) in [5, 5.41) is 9.30. The molecule has 0 saturated heterocycles. The summed E-state index contributed by atoms with van der Waals surface area (Å²) in [4.78, 5) is 7.45. The fraction of sp³-hybridized carbons (Fsp3) is 0.0645. The Labute approximate surface area is 381 Å². The van der Waals surface area contributed by atoms with E-state index in [1.807, 2.05) is 0 Å². The van der Waals surface area contributed by atoms with Gasteiger partial charge in [0.2, 0.25) is 0 Å². The zero-order valence-electron chi connectivity index (χ0n) is 37.2. The van der Waals surface area contributed by atoms with Crippen molar-refractivity contribution < 1.29 is 0 Å². The summed E-state index contributed by atoms with van der Waals surface area (Å²) < 4.78 is 0. The third-order valence-electron chi connectivity index (χ3n) is 12.8. The lowest BCUT2D eigenvalue weighted by atomic mass is 9.92. The van der Waals surface area contributed by atoms with Gasteiger partial charge in [0, 0.05) is 71.5 Å². The largest absolute Gasteiger partial charge is 0.309 e. The summed E-state index contributed by atoms with van der Waals surface area (Å²) in [7, 11) is 0. The molecule has 0 fully saturated rings. The van der Waals surface area contributed by atoms with Crippen LogP contribution in [0.1, 0.15) is 22.3 Å². The van der Waals surface area contributed by atoms with Gasteiger partial charge in [-0.3, -0.25) is 0 Å². The molecule has 0 N–H and O–H groups in total. The molecule has 0 aromatic heterocycles. The molecule has 11 rings (SSSR count). The van der Waals surface area contributed by atoms with E-state index in [0.717, 1.165) is 72.7 Å². The van der Waals surface area contributed by atoms with Crippen LogP contribution in [0.4, 0.5) is 51.2 Å². The predicted molar refractivity (Wildman–Crippen MR) is 279 cm³/mol. The van der Waals surface area contributed by atoms with E-state index in [1.54, 1.807) is 0 Å². The first-order valence-electron chi connectivity index (χ1n) is 22.5. The third kappa shape index (κ3) is 7.03. The summed E-state index contributed by atoms with van der Waals surface area (Å²) in [6, 6.07) is 82.6. The fourth-order valence-corrected chi connectivity index (χ4v) is 9.67. The van der Waals surface area contributed by atoms with Crippen molar-refractivity contribution in [2.45, 2.75) is 27.7 Å². The zero-order chi connectivity index (χ0) is 44.0. The number of nitrogens with zero attached hydrogens (tertiary/aromatic N) is 3. The van der Waals surface area contributed by atoms with E-state index in [1.165, 1.54) is 43.8 Å². The van der Waals surface area contributed by atoms with E-state index < -0.39 is 0 Å². The Morgan fingerprint density at radius 3 is 0.600 bits per heavy atom. The van der Waals surface area contributed by atoms with Crippen molar-refractivity contribution in [2.75, 3.05) is 14.7 Å². The highest BCUT2D eigenvalue weighted by atomic mass is 15.2. The Bertz CT molecular complexity index is 3080. The predicted octanol–water partition coefficient (Wildman–Crippen LogP) is 17.9. The molecule has 0 aliphatic rings. The molecule has 0 spiro atoms. The maximum Gasteiger partial charge on any atom is 0.0620 e. The van der Waals surface area contributed by atoms with Crippen LogP contribution in [0.25, 0.3) is 43.1 Å². The molecule has 65 heavy (non-hydrogen) atoms. The van der Waals surface area contributed by atoms with E-state index in [4.69, 9.17) is 0 Å². The monoisotopic (exact) mass is 835 g/mol. The molecule has 0 atom stereocenters. The molecule has 0 heterocycles. The van der Waals surface area contributed by atoms with Crippen LogP contribution < -0.4 is 14.7 Å². The molecule has 0 unspecified atom stereocenters. The topological polar surface area (TPSA) is 9.72 Å². The molecule has 0 amide bonds. The van der Waals surface area contributed by atoms with Gasteiger partial charge in [0.1, 0.15) is 0 Å². The normalized spacial score (nSPS) is 11.4. The first-order valence-corrected chi connectivity index (χ1v) is 22.5. The second-order valence-corrected chi connectivity index (χ2v) is 17.3. The first kappa shape index (κ1) is 39.7. The summed E-state index contributed by atoms with van der Waals surface area (Å²) >= 11 is 0. The van der Waals surface area contributed by atoms with Gasteiger partial charge in [-0.2, -0.15) is 0 Å². The van der Waals surface area contributed by atoms with Crippen molar-refractivity contribution in [2.24, 2.45) is 0 Å². The number of hydrogen-bond acceptors (Lipinski definition) is 3. The van der Waals surface area contributed by atoms with Crippen LogP contribution in [0, 0.1) is 27.7 Å². The lowest BCUT2D eigenvalue weighted by Crippen LogP contribution is -2.16. The average Bonchev–Trinajstić information content (AvgIpc) is 3.35. The Morgan fingerprint density at radius 2 is 0.369 bits per heavy atom. The van der Waals surface area contributed by atoms with Crippen molar-refractivity contribution in [1.29, 1.82) is 0 Å². The van der Waals surface area contributed by atoms with Crippen molar-refractivity contribution in [3.05, 3.63) is 247 Å². The van der Waals surface area contributed by atoms with Gasteiger partial charge in [-0.15, -0.1) is 0 Å². The molecular formula is C62H49N3. The van der Waals surface area contributed by atoms with E-state index in [0.29, 0.717) is 0 Å². The molecule has 11 aromatic rings. The van der Waals surface area contributed by atoms with Crippen LogP contribution in [0.5, 0.6) is 0 Å². The number of aryl methyl sites for hydroxylation is 4. The molecule has 0 saturated carbocycles. The minimum absolute atomic E-state index is 1.08. The summed E-state index contributed by atoms with van der Waals surface area (Å²) in [6.45, 7) is 8.61. The number of benzene rings is 11. The Morgan fingerprint density at radius 1 is 0.185 bits per heavy atom. The van der Waals surface area contributed by atoms with Gasteiger partial charge >= 0.3 is 0 Å². The highest BCUT2D eigenvalue weighted by Crippen LogP contribution is 2.55. The van der Waals surface area contributed by atoms with Gasteiger partial charge < -0.3 is 14.7 Å². The maximum absolute atomic E-state index is 2.55. The second-order valence-electron chi connectivity index (χ2n) is 17.3. The zero-order valence-corrected chi connectivity index (χ0v) is 37.2. The molecule has 3 heteroatoms. The smallest absolute Gasteiger partial charge is 0.0620 e. The fourth-order valence-electron chi connectivity index (χ4n) is 9.67. The molecule has 312 valence electrons. The number of hydrogen-bond donors (Lipinski definition) is 0. The Kier molecular flexibility index (Phi) is 10.1. The van der Waals surface area contributed by atoms with Crippen molar-refractivity contribution >= 4 is 94.3 Å². The van der Waals surface area contributed by atoms with E-state index in [2.05, 4.69) is 267 Å². The van der Waals surface area contributed by atoms with Gasteiger partial charge in [-0.25, -0.2) is 0 Å². The van der Waals surface area contributed by atoms with Gasteiger partial charge in [0.15, 0.2) is 0 Å². The van der Waals surface area contributed by atoms with Crippen molar-refractivity contribution in [1.82, 2.24) is 0 Å². The average molecular weight is 836 g/mol. The van der Waals surface area contributed by atoms with Crippen LogP contribution in [0.3, 0.4) is 0 Å². The van der Waals surface area contributed by atoms with Gasteiger partial charge in [-0.05, 0) is 88.4 Å². The second kappa shape index (κ2) is 16.5. The Balaban J connectivity index is 1.26. The molecular weight excluding hydrogens is 787 g/mol. The molecule has 0 aliphatic heterocycles. The highest BCUT2D eigenvalue weighted by molar-refractivity contribution is 6.28. The number of rotatable bonds is 9. The minimum Gasteiger partial charge on any atom is -0.309 e. The summed E-state index contributed by atoms with van der Waals surface area (Å²) in [5.41, 5.74) is 15.0. The standard InChI is InChI=1S/C62H49N3/c1-42-26-34-47(35-27-42)63(48-36-28-43(2)29-37-48)59-51-18-8-12-22-55(51)61(56-23-13-9-19-52(56)59)65(46-16-6-5-7-17-46)62-57-24-14-10-20-53(57)60(54-21-11-15-25-58(54)62)64(49-38-30-44(3)31-39-49)50-40-32-45(4)33-41-50/h5-41H,1-4H3. The number of fused-ring (bicyclic) bond motifs is 4. The first-order chi connectivity index (χ1) is 31.9. The molecule has 0 radical (unpaired) electrons. The SMILES string of the molecule is Cc1ccc(N(c2ccc(C)cc2)c2c3ccccc3c(N(c3ccccc3)c3c4ccccc4c(N(c4ccc(C)cc4)c4ccc(C)cc4)c4ccccc34)c3ccccc23)cc1. The highest BCUT2D eigenvalue weighted by Gasteiger charge is 2.29. The van der Waals surface area contributed by atoms with Gasteiger partial charge in [0.25, 0.3) is 0 Å². The van der Waals surface area contributed by atoms with Crippen LogP contribution >= 0.6 is 0 Å². The van der Waals surface area contributed by atoms with E-state index >= 15 is 0 Å². The minimum atomic E-state index is 1.08. The molecule has 3 nitrogen and oxygen atoms in total. The summed E-state index contributed by atoms with van der Waals surface area (Å²) in [6.07, 6.45) is 0. The molecule has 11 aromatic carbocycles. The van der Waals surface area contributed by atoms with Crippen LogP contribution in [-0.2, 0) is 0 Å². The van der Waals surface area contributed by atoms with Gasteiger partial charge in [0.05, 0.1) is 22.7 Å². The lowest BCUT2D eigenvalue weighted by Gasteiger charge is -2.35. The molecule has 0 bridgehead atoms. The van der Waals surface area contributed by atoms with Crippen LogP contribution in [0.2, 0.25) is 0 Å². The van der Waals surface area contributed by atoms with E-state index in [-0.39, 0.29) is 0 Å². The number of para-hydroxylation sites is 1. The van der Waals surface area contributed by atoms with Gasteiger partial charge in [-0.1, -0.05) is 186 Å². The van der Waals surface area contributed by atoms with Crippen molar-refractivity contribution in [3.8, 4) is 0 Å². The summed E-state index contributed by atoms with van der Waals surface area (Å²) in [5.74, 6) is 0. The van der Waals surface area contributed by atoms with E-state index in [9.17, 15) is 0 Å². The van der Waals surface area contributed by atoms with Crippen molar-refractivity contribution in [3.63, 3.8) is 0 Å². The lowest BCUT2D eigenvalue weighted by molar-refractivity contribution is 1.28. The maximum atomic E-state index is 2.55. The Hall–Kier alpha value is -8.14. The third-order valence-corrected chi connectivity index (χ3v) is 12.8. The van der Waals surface area contributed by atoms with Crippen LogP contribution in [0.15, 0.2) is 224 Å².